The van der Waals surface area contributed by atoms with Gasteiger partial charge < -0.3 is 5.32 Å². The predicted octanol–water partition coefficient (Wildman–Crippen LogP) is 3.25. The summed E-state index contributed by atoms with van der Waals surface area (Å²) in [5.41, 5.74) is 3.49. The van der Waals surface area contributed by atoms with Gasteiger partial charge in [-0.3, -0.25) is 14.7 Å². The first kappa shape index (κ1) is 17.1. The Bertz CT molecular complexity index is 779. The quantitative estimate of drug-likeness (QED) is 0.932. The molecule has 1 N–H and O–H groups in total. The number of nitrogens with zero attached hydrogens (tertiary/aromatic N) is 3. The van der Waals surface area contributed by atoms with E-state index in [9.17, 15) is 4.79 Å². The third kappa shape index (κ3) is 4.23. The summed E-state index contributed by atoms with van der Waals surface area (Å²) < 4.78 is 0. The van der Waals surface area contributed by atoms with E-state index in [-0.39, 0.29) is 11.9 Å². The van der Waals surface area contributed by atoms with Crippen LogP contribution in [0.1, 0.15) is 36.1 Å². The second kappa shape index (κ2) is 7.91. The highest BCUT2D eigenvalue weighted by Gasteiger charge is 2.29. The molecule has 1 fully saturated rings. The van der Waals surface area contributed by atoms with Crippen molar-refractivity contribution in [3.05, 3.63) is 59.4 Å². The summed E-state index contributed by atoms with van der Waals surface area (Å²) in [6, 6.07) is 12.9. The SMILES string of the molecule is Cc1cccnc1CN1CCCC[C@@H]1C(=O)Nc1ccc(C#N)cc1. The lowest BCUT2D eigenvalue weighted by molar-refractivity contribution is -0.122. The van der Waals surface area contributed by atoms with Crippen LogP contribution in [0.15, 0.2) is 42.6 Å². The van der Waals surface area contributed by atoms with Crippen molar-refractivity contribution in [1.29, 1.82) is 5.26 Å². The molecule has 0 unspecified atom stereocenters. The summed E-state index contributed by atoms with van der Waals surface area (Å²) in [7, 11) is 0. The van der Waals surface area contributed by atoms with Gasteiger partial charge in [0.05, 0.1) is 23.4 Å². The van der Waals surface area contributed by atoms with E-state index in [4.69, 9.17) is 5.26 Å². The van der Waals surface area contributed by atoms with Gasteiger partial charge in [0, 0.05) is 18.4 Å². The molecule has 25 heavy (non-hydrogen) atoms. The Morgan fingerprint density at radius 3 is 2.84 bits per heavy atom. The van der Waals surface area contributed by atoms with Crippen molar-refractivity contribution in [1.82, 2.24) is 9.88 Å². The molecule has 2 heterocycles. The fourth-order valence-corrected chi connectivity index (χ4v) is 3.21. The molecule has 1 aliphatic rings. The van der Waals surface area contributed by atoms with Crippen molar-refractivity contribution < 1.29 is 4.79 Å². The second-order valence-corrected chi connectivity index (χ2v) is 6.43. The van der Waals surface area contributed by atoms with Gasteiger partial charge in [0.25, 0.3) is 0 Å². The minimum atomic E-state index is -0.147. The molecule has 1 saturated heterocycles. The number of aryl methyl sites for hydroxylation is 1. The Hall–Kier alpha value is -2.71. The van der Waals surface area contributed by atoms with Crippen LogP contribution < -0.4 is 5.32 Å². The molecular weight excluding hydrogens is 312 g/mol. The number of hydrogen-bond donors (Lipinski definition) is 1. The molecule has 128 valence electrons. The normalized spacial score (nSPS) is 17.7. The minimum Gasteiger partial charge on any atom is -0.325 e. The van der Waals surface area contributed by atoms with Gasteiger partial charge in [0.1, 0.15) is 0 Å². The molecule has 5 nitrogen and oxygen atoms in total. The molecule has 2 aromatic rings. The molecule has 0 aliphatic carbocycles. The van der Waals surface area contributed by atoms with Gasteiger partial charge in [0.2, 0.25) is 5.91 Å². The molecule has 0 saturated carbocycles. The summed E-state index contributed by atoms with van der Waals surface area (Å²) in [6.45, 7) is 3.65. The molecule has 1 aliphatic heterocycles. The van der Waals surface area contributed by atoms with Crippen LogP contribution in [0.4, 0.5) is 5.69 Å². The molecule has 3 rings (SSSR count). The first-order valence-corrected chi connectivity index (χ1v) is 8.63. The molecule has 1 atom stereocenters. The van der Waals surface area contributed by atoms with Gasteiger partial charge in [-0.1, -0.05) is 12.5 Å². The van der Waals surface area contributed by atoms with Crippen molar-refractivity contribution in [3.63, 3.8) is 0 Å². The van der Waals surface area contributed by atoms with E-state index in [2.05, 4.69) is 34.3 Å². The topological polar surface area (TPSA) is 69.0 Å². The number of likely N-dealkylation sites (tertiary alicyclic amines) is 1. The number of pyridine rings is 1. The number of rotatable bonds is 4. The van der Waals surface area contributed by atoms with Gasteiger partial charge in [0.15, 0.2) is 0 Å². The average Bonchev–Trinajstić information content (AvgIpc) is 2.64. The van der Waals surface area contributed by atoms with Crippen molar-refractivity contribution >= 4 is 11.6 Å². The minimum absolute atomic E-state index is 0.0120. The lowest BCUT2D eigenvalue weighted by Crippen LogP contribution is -2.46. The second-order valence-electron chi connectivity index (χ2n) is 6.43. The summed E-state index contributed by atoms with van der Waals surface area (Å²) in [4.78, 5) is 19.5. The number of piperidine rings is 1. The van der Waals surface area contributed by atoms with E-state index in [1.165, 1.54) is 0 Å². The number of benzene rings is 1. The van der Waals surface area contributed by atoms with Crippen molar-refractivity contribution in [3.8, 4) is 6.07 Å². The van der Waals surface area contributed by atoms with Crippen LogP contribution >= 0.6 is 0 Å². The van der Waals surface area contributed by atoms with E-state index in [1.54, 1.807) is 30.5 Å². The maximum atomic E-state index is 12.8. The number of nitriles is 1. The Morgan fingerprint density at radius 1 is 1.32 bits per heavy atom. The molecular formula is C20H22N4O. The Labute approximate surface area is 148 Å². The fraction of sp³-hybridized carbons (Fsp3) is 0.350. The number of carbonyl (C=O) groups is 1. The summed E-state index contributed by atoms with van der Waals surface area (Å²) in [6.07, 6.45) is 4.82. The van der Waals surface area contributed by atoms with Crippen LogP contribution in [0.2, 0.25) is 0 Å². The van der Waals surface area contributed by atoms with Crippen LogP contribution in [0, 0.1) is 18.3 Å². The van der Waals surface area contributed by atoms with E-state index in [0.717, 1.165) is 42.8 Å². The lowest BCUT2D eigenvalue weighted by atomic mass is 10.0. The Morgan fingerprint density at radius 2 is 2.12 bits per heavy atom. The molecule has 0 bridgehead atoms. The summed E-state index contributed by atoms with van der Waals surface area (Å²) in [5, 5.41) is 11.8. The van der Waals surface area contributed by atoms with E-state index in [1.807, 2.05) is 6.07 Å². The molecule has 0 spiro atoms. The summed E-state index contributed by atoms with van der Waals surface area (Å²) in [5.74, 6) is 0.0120. The number of aromatic nitrogens is 1. The van der Waals surface area contributed by atoms with Crippen LogP contribution in [-0.2, 0) is 11.3 Å². The number of hydrogen-bond acceptors (Lipinski definition) is 4. The van der Waals surface area contributed by atoms with Crippen LogP contribution in [0.25, 0.3) is 0 Å². The third-order valence-electron chi connectivity index (χ3n) is 4.67. The predicted molar refractivity (Wildman–Crippen MR) is 96.8 cm³/mol. The monoisotopic (exact) mass is 334 g/mol. The zero-order valence-electron chi connectivity index (χ0n) is 14.4. The van der Waals surface area contributed by atoms with Crippen molar-refractivity contribution in [2.45, 2.75) is 38.8 Å². The number of amides is 1. The van der Waals surface area contributed by atoms with E-state index in [0.29, 0.717) is 12.1 Å². The van der Waals surface area contributed by atoms with Crippen LogP contribution in [0.3, 0.4) is 0 Å². The zero-order valence-corrected chi connectivity index (χ0v) is 14.4. The summed E-state index contributed by atoms with van der Waals surface area (Å²) >= 11 is 0. The maximum absolute atomic E-state index is 12.8. The van der Waals surface area contributed by atoms with Crippen molar-refractivity contribution in [2.24, 2.45) is 0 Å². The highest BCUT2D eigenvalue weighted by atomic mass is 16.2. The van der Waals surface area contributed by atoms with E-state index < -0.39 is 0 Å². The first-order valence-electron chi connectivity index (χ1n) is 8.63. The highest BCUT2D eigenvalue weighted by Crippen LogP contribution is 2.22. The molecule has 5 heteroatoms. The fourth-order valence-electron chi connectivity index (χ4n) is 3.21. The molecule has 1 aromatic heterocycles. The smallest absolute Gasteiger partial charge is 0.241 e. The first-order chi connectivity index (χ1) is 12.2. The van der Waals surface area contributed by atoms with Gasteiger partial charge in [-0.25, -0.2) is 0 Å². The highest BCUT2D eigenvalue weighted by molar-refractivity contribution is 5.94. The van der Waals surface area contributed by atoms with Crippen LogP contribution in [0.5, 0.6) is 0 Å². The largest absolute Gasteiger partial charge is 0.325 e. The number of anilines is 1. The van der Waals surface area contributed by atoms with E-state index >= 15 is 0 Å². The molecule has 0 radical (unpaired) electrons. The van der Waals surface area contributed by atoms with Gasteiger partial charge in [-0.2, -0.15) is 5.26 Å². The van der Waals surface area contributed by atoms with Crippen molar-refractivity contribution in [2.75, 3.05) is 11.9 Å². The zero-order chi connectivity index (χ0) is 17.6. The molecule has 1 amide bonds. The third-order valence-corrected chi connectivity index (χ3v) is 4.67. The lowest BCUT2D eigenvalue weighted by Gasteiger charge is -2.34. The average molecular weight is 334 g/mol. The maximum Gasteiger partial charge on any atom is 0.241 e. The van der Waals surface area contributed by atoms with Crippen LogP contribution in [-0.4, -0.2) is 28.4 Å². The van der Waals surface area contributed by atoms with Gasteiger partial charge >= 0.3 is 0 Å². The number of nitrogens with one attached hydrogen (secondary N) is 1. The Balaban J connectivity index is 1.70. The van der Waals surface area contributed by atoms with Gasteiger partial charge in [-0.05, 0) is 62.2 Å². The standard InChI is InChI=1S/C20H22N4O/c1-15-5-4-11-22-18(15)14-24-12-3-2-6-19(24)20(25)23-17-9-7-16(13-21)8-10-17/h4-5,7-11,19H,2-3,6,12,14H2,1H3,(H,23,25)/t19-/m1/s1. The van der Waals surface area contributed by atoms with Gasteiger partial charge in [-0.15, -0.1) is 0 Å². The number of carbonyl (C=O) groups excluding carboxylic acids is 1. The molecule has 1 aromatic carbocycles. The Kier molecular flexibility index (Phi) is 5.42.